The van der Waals surface area contributed by atoms with Gasteiger partial charge < -0.3 is 14.4 Å². The van der Waals surface area contributed by atoms with E-state index in [1.165, 1.54) is 0 Å². The third-order valence-corrected chi connectivity index (χ3v) is 7.05. The number of anilines is 1. The molecule has 1 unspecified atom stereocenters. The highest BCUT2D eigenvalue weighted by atomic mass is 16.5. The van der Waals surface area contributed by atoms with E-state index in [1.54, 1.807) is 7.11 Å². The number of hydrogen-bond acceptors (Lipinski definition) is 4. The Balaban J connectivity index is 1.78. The van der Waals surface area contributed by atoms with Crippen molar-refractivity contribution in [2.24, 2.45) is 0 Å². The van der Waals surface area contributed by atoms with Crippen LogP contribution in [0.4, 0.5) is 5.69 Å². The molecule has 1 aliphatic heterocycles. The van der Waals surface area contributed by atoms with Crippen LogP contribution in [0.1, 0.15) is 29.2 Å². The van der Waals surface area contributed by atoms with Crippen LogP contribution < -0.4 is 9.64 Å². The summed E-state index contributed by atoms with van der Waals surface area (Å²) in [4.78, 5) is 15.9. The Labute approximate surface area is 224 Å². The molecule has 4 nitrogen and oxygen atoms in total. The average Bonchev–Trinajstić information content (AvgIpc) is 2.99. The average molecular weight is 502 g/mol. The maximum atomic E-state index is 13.8. The fourth-order valence-electron chi connectivity index (χ4n) is 5.19. The minimum absolute atomic E-state index is 0.360. The minimum atomic E-state index is -0.758. The van der Waals surface area contributed by atoms with Gasteiger partial charge in [-0.1, -0.05) is 97.1 Å². The number of hydrogen-bond donors (Lipinski definition) is 0. The maximum absolute atomic E-state index is 13.8. The summed E-state index contributed by atoms with van der Waals surface area (Å²) in [6, 6.07) is 38.3. The molecule has 1 aliphatic rings. The zero-order valence-electron chi connectivity index (χ0n) is 21.5. The highest BCUT2D eigenvalue weighted by Gasteiger charge is 2.49. The monoisotopic (exact) mass is 501 g/mol. The smallest absolute Gasteiger partial charge is 0.355 e. The van der Waals surface area contributed by atoms with Crippen LogP contribution >= 0.6 is 0 Å². The Hall–Kier alpha value is -4.57. The van der Waals surface area contributed by atoms with Crippen LogP contribution in [-0.2, 0) is 14.9 Å². The summed E-state index contributed by atoms with van der Waals surface area (Å²) in [6.45, 7) is 4.49. The SMILES string of the molecule is C=CCCN(C1=CC(c2ccccc2)(c2ccccc2)C(c2ccccc2)OC1=O)c1ccc(OC)cc1. The van der Waals surface area contributed by atoms with Gasteiger partial charge in [0.2, 0.25) is 0 Å². The summed E-state index contributed by atoms with van der Waals surface area (Å²) in [5.41, 5.74) is 3.64. The molecule has 4 aromatic carbocycles. The van der Waals surface area contributed by atoms with Crippen molar-refractivity contribution in [1.82, 2.24) is 0 Å². The van der Waals surface area contributed by atoms with Gasteiger partial charge in [-0.2, -0.15) is 0 Å². The fourth-order valence-corrected chi connectivity index (χ4v) is 5.19. The second-order valence-electron chi connectivity index (χ2n) is 9.25. The van der Waals surface area contributed by atoms with E-state index in [2.05, 4.69) is 36.9 Å². The molecule has 0 saturated heterocycles. The largest absolute Gasteiger partial charge is 0.497 e. The molecule has 0 spiro atoms. The van der Waals surface area contributed by atoms with Crippen LogP contribution in [0, 0.1) is 0 Å². The molecule has 38 heavy (non-hydrogen) atoms. The van der Waals surface area contributed by atoms with E-state index in [-0.39, 0.29) is 5.97 Å². The molecule has 4 heteroatoms. The van der Waals surface area contributed by atoms with Crippen molar-refractivity contribution in [3.63, 3.8) is 0 Å². The third kappa shape index (κ3) is 4.73. The second-order valence-corrected chi connectivity index (χ2v) is 9.25. The molecule has 0 bridgehead atoms. The number of ether oxygens (including phenoxy) is 2. The molecule has 0 aromatic heterocycles. The van der Waals surface area contributed by atoms with Crippen LogP contribution in [0.2, 0.25) is 0 Å². The zero-order valence-corrected chi connectivity index (χ0v) is 21.5. The van der Waals surface area contributed by atoms with Gasteiger partial charge in [0.15, 0.2) is 0 Å². The second kappa shape index (κ2) is 11.2. The maximum Gasteiger partial charge on any atom is 0.355 e. The van der Waals surface area contributed by atoms with Crippen molar-refractivity contribution in [2.45, 2.75) is 17.9 Å². The van der Waals surface area contributed by atoms with Gasteiger partial charge in [0.1, 0.15) is 17.6 Å². The van der Waals surface area contributed by atoms with Crippen molar-refractivity contribution in [2.75, 3.05) is 18.6 Å². The lowest BCUT2D eigenvalue weighted by Crippen LogP contribution is -2.44. The lowest BCUT2D eigenvalue weighted by atomic mass is 9.67. The Morgan fingerprint density at radius 2 is 1.39 bits per heavy atom. The summed E-state index contributed by atoms with van der Waals surface area (Å²) < 4.78 is 11.8. The molecule has 1 heterocycles. The lowest BCUT2D eigenvalue weighted by Gasteiger charge is -2.44. The summed E-state index contributed by atoms with van der Waals surface area (Å²) in [5.74, 6) is 0.394. The molecule has 0 N–H and O–H groups in total. The van der Waals surface area contributed by atoms with Gasteiger partial charge in [0, 0.05) is 12.2 Å². The summed E-state index contributed by atoms with van der Waals surface area (Å²) in [6.07, 6.45) is 4.11. The van der Waals surface area contributed by atoms with Crippen molar-refractivity contribution in [1.29, 1.82) is 0 Å². The molecule has 1 atom stereocenters. The van der Waals surface area contributed by atoms with Crippen molar-refractivity contribution in [3.05, 3.63) is 156 Å². The van der Waals surface area contributed by atoms with Gasteiger partial charge in [-0.3, -0.25) is 0 Å². The van der Waals surface area contributed by atoms with E-state index in [1.807, 2.05) is 102 Å². The first-order valence-electron chi connectivity index (χ1n) is 12.8. The number of nitrogens with zero attached hydrogens (tertiary/aromatic N) is 1. The van der Waals surface area contributed by atoms with Gasteiger partial charge >= 0.3 is 5.97 Å². The molecule has 0 aliphatic carbocycles. The molecule has 4 aromatic rings. The van der Waals surface area contributed by atoms with Crippen molar-refractivity contribution < 1.29 is 14.3 Å². The molecular formula is C34H31NO3. The minimum Gasteiger partial charge on any atom is -0.497 e. The molecular weight excluding hydrogens is 470 g/mol. The first-order chi connectivity index (χ1) is 18.7. The standard InChI is InChI=1S/C34H31NO3/c1-3-4-24-35(29-20-22-30(37-2)23-21-29)31-25-34(27-16-10-6-11-17-27,28-18-12-7-13-19-28)32(38-33(31)36)26-14-8-5-9-15-26/h3,5-23,25,32H,1,4,24H2,2H3. The lowest BCUT2D eigenvalue weighted by molar-refractivity contribution is -0.149. The number of benzene rings is 4. The molecule has 5 rings (SSSR count). The van der Waals surface area contributed by atoms with Crippen LogP contribution in [0.15, 0.2) is 140 Å². The van der Waals surface area contributed by atoms with Gasteiger partial charge in [-0.25, -0.2) is 4.79 Å². The molecule has 0 amide bonds. The zero-order chi connectivity index (χ0) is 26.4. The summed E-state index contributed by atoms with van der Waals surface area (Å²) in [5, 5.41) is 0. The van der Waals surface area contributed by atoms with Crippen LogP contribution in [-0.4, -0.2) is 19.6 Å². The number of esters is 1. The van der Waals surface area contributed by atoms with Gasteiger partial charge in [0.25, 0.3) is 0 Å². The number of cyclic esters (lactones) is 1. The first kappa shape index (κ1) is 25.1. The number of carbonyl (C=O) groups excluding carboxylic acids is 1. The van der Waals surface area contributed by atoms with Crippen molar-refractivity contribution >= 4 is 11.7 Å². The van der Waals surface area contributed by atoms with E-state index < -0.39 is 11.5 Å². The fraction of sp³-hybridized carbons (Fsp3) is 0.147. The van der Waals surface area contributed by atoms with Crippen LogP contribution in [0.25, 0.3) is 0 Å². The van der Waals surface area contributed by atoms with Crippen molar-refractivity contribution in [3.8, 4) is 5.75 Å². The molecule has 0 radical (unpaired) electrons. The van der Waals surface area contributed by atoms with Gasteiger partial charge in [-0.05, 0) is 53.5 Å². The topological polar surface area (TPSA) is 38.8 Å². The first-order valence-corrected chi connectivity index (χ1v) is 12.8. The van der Waals surface area contributed by atoms with Gasteiger partial charge in [-0.15, -0.1) is 6.58 Å². The molecule has 190 valence electrons. The Bertz CT molecular complexity index is 1360. The Morgan fingerprint density at radius 3 is 1.92 bits per heavy atom. The molecule has 0 fully saturated rings. The number of carbonyl (C=O) groups is 1. The third-order valence-electron chi connectivity index (χ3n) is 7.05. The highest BCUT2D eigenvalue weighted by Crippen LogP contribution is 2.50. The quantitative estimate of drug-likeness (QED) is 0.179. The van der Waals surface area contributed by atoms with Crippen LogP contribution in [0.3, 0.4) is 0 Å². The van der Waals surface area contributed by atoms with E-state index >= 15 is 0 Å². The predicted molar refractivity (Wildman–Crippen MR) is 152 cm³/mol. The Kier molecular flexibility index (Phi) is 7.41. The van der Waals surface area contributed by atoms with E-state index in [9.17, 15) is 4.79 Å². The number of rotatable bonds is 9. The summed E-state index contributed by atoms with van der Waals surface area (Å²) >= 11 is 0. The predicted octanol–water partition coefficient (Wildman–Crippen LogP) is 7.25. The van der Waals surface area contributed by atoms with Crippen LogP contribution in [0.5, 0.6) is 5.75 Å². The van der Waals surface area contributed by atoms with E-state index in [0.29, 0.717) is 18.7 Å². The normalized spacial score (nSPS) is 16.2. The van der Waals surface area contributed by atoms with Gasteiger partial charge in [0.05, 0.1) is 12.5 Å². The molecule has 0 saturated carbocycles. The highest BCUT2D eigenvalue weighted by molar-refractivity contribution is 5.95. The van der Waals surface area contributed by atoms with E-state index in [0.717, 1.165) is 28.1 Å². The number of methoxy groups -OCH3 is 1. The Morgan fingerprint density at radius 1 is 0.842 bits per heavy atom. The summed E-state index contributed by atoms with van der Waals surface area (Å²) in [7, 11) is 1.64. The van der Waals surface area contributed by atoms with E-state index in [4.69, 9.17) is 9.47 Å².